The van der Waals surface area contributed by atoms with Crippen LogP contribution in [0.2, 0.25) is 0 Å². The maximum atomic E-state index is 5.78. The summed E-state index contributed by atoms with van der Waals surface area (Å²) in [6, 6.07) is 0. The summed E-state index contributed by atoms with van der Waals surface area (Å²) in [5, 5.41) is 0. The standard InChI is InChI=1S/C11H18N2O/c1-4-5-6-11(2,3)14-10-7-12-9-13-8-10/h7-9H,4-6H2,1-3H3. The molecule has 0 fully saturated rings. The number of hydrogen-bond donors (Lipinski definition) is 0. The lowest BCUT2D eigenvalue weighted by Gasteiger charge is -2.25. The Kier molecular flexibility index (Phi) is 3.86. The van der Waals surface area contributed by atoms with Gasteiger partial charge in [0, 0.05) is 0 Å². The van der Waals surface area contributed by atoms with Crippen LogP contribution >= 0.6 is 0 Å². The molecule has 0 atom stereocenters. The Morgan fingerprint density at radius 3 is 2.50 bits per heavy atom. The summed E-state index contributed by atoms with van der Waals surface area (Å²) >= 11 is 0. The molecule has 0 amide bonds. The summed E-state index contributed by atoms with van der Waals surface area (Å²) in [4.78, 5) is 7.83. The molecule has 0 bridgehead atoms. The molecular formula is C11H18N2O. The van der Waals surface area contributed by atoms with Crippen LogP contribution in [0, 0.1) is 0 Å². The van der Waals surface area contributed by atoms with Gasteiger partial charge in [0.1, 0.15) is 11.9 Å². The minimum absolute atomic E-state index is 0.124. The van der Waals surface area contributed by atoms with Crippen LogP contribution in [0.1, 0.15) is 40.0 Å². The second-order valence-corrected chi connectivity index (χ2v) is 4.04. The summed E-state index contributed by atoms with van der Waals surface area (Å²) in [7, 11) is 0. The Labute approximate surface area is 85.5 Å². The third kappa shape index (κ3) is 3.73. The fraction of sp³-hybridized carbons (Fsp3) is 0.636. The first-order valence-electron chi connectivity index (χ1n) is 5.08. The number of rotatable bonds is 5. The van der Waals surface area contributed by atoms with Crippen LogP contribution in [0.15, 0.2) is 18.7 Å². The smallest absolute Gasteiger partial charge is 0.156 e. The van der Waals surface area contributed by atoms with E-state index in [2.05, 4.69) is 30.7 Å². The highest BCUT2D eigenvalue weighted by atomic mass is 16.5. The second kappa shape index (κ2) is 4.94. The first-order chi connectivity index (χ1) is 6.64. The molecule has 0 aromatic carbocycles. The van der Waals surface area contributed by atoms with E-state index in [-0.39, 0.29) is 5.60 Å². The highest BCUT2D eigenvalue weighted by molar-refractivity contribution is 5.11. The average Bonchev–Trinajstić information content (AvgIpc) is 2.16. The lowest BCUT2D eigenvalue weighted by Crippen LogP contribution is -2.28. The van der Waals surface area contributed by atoms with Crippen molar-refractivity contribution in [3.8, 4) is 5.75 Å². The Hall–Kier alpha value is -1.12. The molecule has 0 aliphatic rings. The van der Waals surface area contributed by atoms with Gasteiger partial charge in [0.25, 0.3) is 0 Å². The molecule has 0 aliphatic carbocycles. The third-order valence-electron chi connectivity index (χ3n) is 2.06. The third-order valence-corrected chi connectivity index (χ3v) is 2.06. The second-order valence-electron chi connectivity index (χ2n) is 4.04. The minimum Gasteiger partial charge on any atom is -0.485 e. The first kappa shape index (κ1) is 11.0. The predicted octanol–water partition coefficient (Wildman–Crippen LogP) is 2.82. The van der Waals surface area contributed by atoms with Gasteiger partial charge in [-0.05, 0) is 26.7 Å². The summed E-state index contributed by atoms with van der Waals surface area (Å²) in [6.45, 7) is 6.37. The normalized spacial score (nSPS) is 11.4. The topological polar surface area (TPSA) is 35.0 Å². The van der Waals surface area contributed by atoms with E-state index in [4.69, 9.17) is 4.74 Å². The minimum atomic E-state index is -0.124. The van der Waals surface area contributed by atoms with Crippen LogP contribution in [0.5, 0.6) is 5.75 Å². The molecule has 0 N–H and O–H groups in total. The molecular weight excluding hydrogens is 176 g/mol. The fourth-order valence-electron chi connectivity index (χ4n) is 1.31. The molecule has 1 aromatic rings. The zero-order chi connectivity index (χ0) is 10.4. The monoisotopic (exact) mass is 194 g/mol. The maximum Gasteiger partial charge on any atom is 0.156 e. The molecule has 78 valence electrons. The zero-order valence-electron chi connectivity index (χ0n) is 9.16. The van der Waals surface area contributed by atoms with Crippen molar-refractivity contribution in [3.63, 3.8) is 0 Å². The van der Waals surface area contributed by atoms with E-state index in [0.717, 1.165) is 12.2 Å². The largest absolute Gasteiger partial charge is 0.485 e. The number of nitrogens with zero attached hydrogens (tertiary/aromatic N) is 2. The van der Waals surface area contributed by atoms with Gasteiger partial charge in [-0.15, -0.1) is 0 Å². The number of aromatic nitrogens is 2. The lowest BCUT2D eigenvalue weighted by atomic mass is 10.0. The number of ether oxygens (including phenoxy) is 1. The number of hydrogen-bond acceptors (Lipinski definition) is 3. The van der Waals surface area contributed by atoms with Crippen molar-refractivity contribution in [3.05, 3.63) is 18.7 Å². The van der Waals surface area contributed by atoms with Crippen LogP contribution in [-0.4, -0.2) is 15.6 Å². The molecule has 1 aromatic heterocycles. The maximum absolute atomic E-state index is 5.78. The molecule has 3 heteroatoms. The highest BCUT2D eigenvalue weighted by Crippen LogP contribution is 2.21. The summed E-state index contributed by atoms with van der Waals surface area (Å²) in [5.74, 6) is 0.744. The first-order valence-corrected chi connectivity index (χ1v) is 5.08. The molecule has 0 spiro atoms. The van der Waals surface area contributed by atoms with Crippen LogP contribution in [0.25, 0.3) is 0 Å². The molecule has 1 heterocycles. The Morgan fingerprint density at radius 2 is 1.93 bits per heavy atom. The van der Waals surface area contributed by atoms with Gasteiger partial charge in [-0.25, -0.2) is 9.97 Å². The quantitative estimate of drug-likeness (QED) is 0.723. The van der Waals surface area contributed by atoms with E-state index < -0.39 is 0 Å². The van der Waals surface area contributed by atoms with Crippen LogP contribution < -0.4 is 4.74 Å². The van der Waals surface area contributed by atoms with Crippen LogP contribution in [0.4, 0.5) is 0 Å². The van der Waals surface area contributed by atoms with Crippen molar-refractivity contribution in [2.45, 2.75) is 45.6 Å². The van der Waals surface area contributed by atoms with Gasteiger partial charge in [0.2, 0.25) is 0 Å². The molecule has 0 saturated carbocycles. The van der Waals surface area contributed by atoms with Crippen molar-refractivity contribution in [2.24, 2.45) is 0 Å². The van der Waals surface area contributed by atoms with E-state index in [1.807, 2.05) is 0 Å². The Balaban J connectivity index is 2.50. The fourth-order valence-corrected chi connectivity index (χ4v) is 1.31. The molecule has 3 nitrogen and oxygen atoms in total. The van der Waals surface area contributed by atoms with Crippen molar-refractivity contribution < 1.29 is 4.74 Å². The van der Waals surface area contributed by atoms with Crippen LogP contribution in [-0.2, 0) is 0 Å². The van der Waals surface area contributed by atoms with E-state index in [1.54, 1.807) is 12.4 Å². The predicted molar refractivity (Wildman–Crippen MR) is 56.3 cm³/mol. The molecule has 14 heavy (non-hydrogen) atoms. The van der Waals surface area contributed by atoms with Gasteiger partial charge in [0.05, 0.1) is 12.4 Å². The van der Waals surface area contributed by atoms with Crippen molar-refractivity contribution in [1.29, 1.82) is 0 Å². The van der Waals surface area contributed by atoms with E-state index >= 15 is 0 Å². The van der Waals surface area contributed by atoms with Gasteiger partial charge in [0.15, 0.2) is 5.75 Å². The van der Waals surface area contributed by atoms with Gasteiger partial charge in [-0.3, -0.25) is 0 Å². The van der Waals surface area contributed by atoms with E-state index in [0.29, 0.717) is 0 Å². The molecule has 0 radical (unpaired) electrons. The van der Waals surface area contributed by atoms with Gasteiger partial charge in [-0.1, -0.05) is 13.3 Å². The average molecular weight is 194 g/mol. The Bertz CT molecular complexity index is 259. The lowest BCUT2D eigenvalue weighted by molar-refractivity contribution is 0.0957. The van der Waals surface area contributed by atoms with Crippen molar-refractivity contribution >= 4 is 0 Å². The van der Waals surface area contributed by atoms with Gasteiger partial charge in [-0.2, -0.15) is 0 Å². The molecule has 1 rings (SSSR count). The van der Waals surface area contributed by atoms with Crippen molar-refractivity contribution in [2.75, 3.05) is 0 Å². The number of unbranched alkanes of at least 4 members (excludes halogenated alkanes) is 1. The van der Waals surface area contributed by atoms with Crippen LogP contribution in [0.3, 0.4) is 0 Å². The Morgan fingerprint density at radius 1 is 1.29 bits per heavy atom. The molecule has 0 unspecified atom stereocenters. The SMILES string of the molecule is CCCCC(C)(C)Oc1cncnc1. The van der Waals surface area contributed by atoms with Crippen molar-refractivity contribution in [1.82, 2.24) is 9.97 Å². The summed E-state index contributed by atoms with van der Waals surface area (Å²) in [5.41, 5.74) is -0.124. The summed E-state index contributed by atoms with van der Waals surface area (Å²) in [6.07, 6.45) is 8.32. The molecule has 0 aliphatic heterocycles. The molecule has 0 saturated heterocycles. The van der Waals surface area contributed by atoms with E-state index in [1.165, 1.54) is 19.2 Å². The highest BCUT2D eigenvalue weighted by Gasteiger charge is 2.18. The van der Waals surface area contributed by atoms with E-state index in [9.17, 15) is 0 Å². The van der Waals surface area contributed by atoms with Gasteiger partial charge < -0.3 is 4.74 Å². The van der Waals surface area contributed by atoms with Gasteiger partial charge >= 0.3 is 0 Å². The summed E-state index contributed by atoms with van der Waals surface area (Å²) < 4.78 is 5.78. The zero-order valence-corrected chi connectivity index (χ0v) is 9.16.